The van der Waals surface area contributed by atoms with Crippen LogP contribution in [0.25, 0.3) is 0 Å². The van der Waals surface area contributed by atoms with E-state index in [9.17, 15) is 4.79 Å². The summed E-state index contributed by atoms with van der Waals surface area (Å²) in [7, 11) is 0. The Labute approximate surface area is 176 Å². The van der Waals surface area contributed by atoms with Crippen LogP contribution in [0.5, 0.6) is 0 Å². The van der Waals surface area contributed by atoms with Crippen LogP contribution >= 0.6 is 35.7 Å². The summed E-state index contributed by atoms with van der Waals surface area (Å²) in [6, 6.07) is 0. The molecule has 1 atom stereocenters. The summed E-state index contributed by atoms with van der Waals surface area (Å²) in [5.74, 6) is 0.978. The topological polar surface area (TPSA) is 26.3 Å². The van der Waals surface area contributed by atoms with E-state index in [1.54, 1.807) is 23.5 Å². The maximum Gasteiger partial charge on any atom is 0.305 e. The van der Waals surface area contributed by atoms with Crippen molar-refractivity contribution in [2.24, 2.45) is 0 Å². The average Bonchev–Trinajstić information content (AvgIpc) is 2.64. The van der Waals surface area contributed by atoms with Crippen molar-refractivity contribution < 1.29 is 9.53 Å². The summed E-state index contributed by atoms with van der Waals surface area (Å²) in [4.78, 5) is 11.4. The van der Waals surface area contributed by atoms with Crippen LogP contribution in [0.1, 0.15) is 105 Å². The normalized spacial score (nSPS) is 13.4. The highest BCUT2D eigenvalue weighted by Crippen LogP contribution is 2.34. The number of ether oxygens (including phenoxy) is 1. The van der Waals surface area contributed by atoms with Crippen LogP contribution in [0.2, 0.25) is 0 Å². The predicted molar refractivity (Wildman–Crippen MR) is 124 cm³/mol. The molecule has 0 N–H and O–H groups in total. The van der Waals surface area contributed by atoms with Crippen LogP contribution in [0.3, 0.4) is 0 Å². The Kier molecular flexibility index (Phi) is 17.5. The number of esters is 1. The molecule has 26 heavy (non-hydrogen) atoms. The zero-order valence-electron chi connectivity index (χ0n) is 17.4. The first-order valence-corrected chi connectivity index (χ1v) is 12.7. The molecule has 0 aromatic rings. The number of unbranched alkanes of at least 4 members (excludes halogenated alkanes) is 9. The molecule has 0 bridgehead atoms. The molecule has 0 spiro atoms. The van der Waals surface area contributed by atoms with Gasteiger partial charge in [-0.15, -0.1) is 11.8 Å². The second-order valence-corrected chi connectivity index (χ2v) is 11.1. The van der Waals surface area contributed by atoms with Crippen molar-refractivity contribution in [3.8, 4) is 0 Å². The molecule has 5 heteroatoms. The van der Waals surface area contributed by atoms with Gasteiger partial charge in [-0.3, -0.25) is 4.79 Å². The van der Waals surface area contributed by atoms with Gasteiger partial charge in [0.25, 0.3) is 0 Å². The fourth-order valence-electron chi connectivity index (χ4n) is 2.51. The summed E-state index contributed by atoms with van der Waals surface area (Å²) >= 11 is 9.02. The van der Waals surface area contributed by atoms with Gasteiger partial charge in [-0.1, -0.05) is 103 Å². The van der Waals surface area contributed by atoms with E-state index in [1.165, 1.54) is 64.2 Å². The molecule has 0 aliphatic rings. The zero-order chi connectivity index (χ0) is 19.7. The van der Waals surface area contributed by atoms with Crippen molar-refractivity contribution in [3.05, 3.63) is 0 Å². The van der Waals surface area contributed by atoms with Crippen molar-refractivity contribution in [2.45, 2.75) is 109 Å². The van der Waals surface area contributed by atoms with Gasteiger partial charge in [-0.25, -0.2) is 0 Å². The molecule has 0 heterocycles. The van der Waals surface area contributed by atoms with E-state index >= 15 is 0 Å². The fourth-order valence-corrected chi connectivity index (χ4v) is 5.64. The zero-order valence-corrected chi connectivity index (χ0v) is 19.9. The Morgan fingerprint density at radius 1 is 0.923 bits per heavy atom. The van der Waals surface area contributed by atoms with Crippen LogP contribution in [0.15, 0.2) is 0 Å². The number of hydrogen-bond donors (Lipinski definition) is 0. The molecule has 154 valence electrons. The molecule has 0 radical (unpaired) electrons. The molecule has 0 aromatic heterocycles. The van der Waals surface area contributed by atoms with E-state index in [4.69, 9.17) is 17.0 Å². The van der Waals surface area contributed by atoms with Crippen LogP contribution < -0.4 is 0 Å². The molecular formula is C21H40O2S3. The Hall–Kier alpha value is 0.260. The van der Waals surface area contributed by atoms with Gasteiger partial charge in [-0.2, -0.15) is 0 Å². The second-order valence-electron chi connectivity index (χ2n) is 7.20. The molecule has 0 saturated carbocycles. The van der Waals surface area contributed by atoms with E-state index < -0.39 is 0 Å². The van der Waals surface area contributed by atoms with E-state index in [0.717, 1.165) is 15.7 Å². The van der Waals surface area contributed by atoms with Gasteiger partial charge in [0.2, 0.25) is 0 Å². The van der Waals surface area contributed by atoms with Gasteiger partial charge < -0.3 is 4.74 Å². The van der Waals surface area contributed by atoms with Gasteiger partial charge in [0.05, 0.1) is 4.75 Å². The number of carbonyl (C=O) groups excluding carboxylic acids is 1. The number of hydrogen-bond acceptors (Lipinski definition) is 5. The van der Waals surface area contributed by atoms with Crippen LogP contribution in [0.4, 0.5) is 0 Å². The van der Waals surface area contributed by atoms with E-state index in [1.807, 2.05) is 6.92 Å². The SMILES string of the molecule is CCCCCCCCCCCCSC(=S)SC(C)(CC)COC(=O)CC. The molecule has 0 amide bonds. The van der Waals surface area contributed by atoms with Gasteiger partial charge in [0.1, 0.15) is 10.1 Å². The largest absolute Gasteiger partial charge is 0.464 e. The molecule has 1 unspecified atom stereocenters. The number of rotatable bonds is 16. The van der Waals surface area contributed by atoms with Gasteiger partial charge in [0.15, 0.2) is 0 Å². The van der Waals surface area contributed by atoms with Gasteiger partial charge in [-0.05, 0) is 25.5 Å². The quantitative estimate of drug-likeness (QED) is 0.144. The molecule has 0 saturated heterocycles. The fraction of sp³-hybridized carbons (Fsp3) is 0.905. The minimum absolute atomic E-state index is 0.104. The third-order valence-electron chi connectivity index (χ3n) is 4.62. The Morgan fingerprint density at radius 3 is 1.96 bits per heavy atom. The molecule has 2 nitrogen and oxygen atoms in total. The van der Waals surface area contributed by atoms with Gasteiger partial charge >= 0.3 is 5.97 Å². The maximum atomic E-state index is 11.4. The monoisotopic (exact) mass is 420 g/mol. The van der Waals surface area contributed by atoms with Crippen molar-refractivity contribution in [2.75, 3.05) is 12.4 Å². The van der Waals surface area contributed by atoms with Crippen LogP contribution in [-0.4, -0.2) is 26.6 Å². The standard InChI is InChI=1S/C21H40O2S3/c1-5-8-9-10-11-12-13-14-15-16-17-25-20(24)26-21(4,7-3)18-23-19(22)6-2/h5-18H2,1-4H3. The second kappa shape index (κ2) is 17.4. The molecule has 0 fully saturated rings. The Balaban J connectivity index is 3.67. The minimum Gasteiger partial charge on any atom is -0.464 e. The number of carbonyl (C=O) groups is 1. The lowest BCUT2D eigenvalue weighted by Gasteiger charge is -2.26. The smallest absolute Gasteiger partial charge is 0.305 e. The number of thioether (sulfide) groups is 2. The first kappa shape index (κ1) is 26.3. The van der Waals surface area contributed by atoms with Crippen molar-refractivity contribution in [3.63, 3.8) is 0 Å². The van der Waals surface area contributed by atoms with Crippen molar-refractivity contribution in [1.82, 2.24) is 0 Å². The Bertz CT molecular complexity index is 374. The lowest BCUT2D eigenvalue weighted by Crippen LogP contribution is -2.28. The van der Waals surface area contributed by atoms with Crippen molar-refractivity contribution in [1.29, 1.82) is 0 Å². The molecule has 0 aromatic carbocycles. The first-order valence-electron chi connectivity index (χ1n) is 10.5. The van der Waals surface area contributed by atoms with Crippen LogP contribution in [-0.2, 0) is 9.53 Å². The first-order chi connectivity index (χ1) is 12.5. The summed E-state index contributed by atoms with van der Waals surface area (Å²) in [6.45, 7) is 8.80. The van der Waals surface area contributed by atoms with E-state index in [0.29, 0.717) is 13.0 Å². The summed E-state index contributed by atoms with van der Waals surface area (Å²) < 4.78 is 6.21. The predicted octanol–water partition coefficient (Wildman–Crippen LogP) is 7.78. The van der Waals surface area contributed by atoms with Gasteiger partial charge in [0, 0.05) is 6.42 Å². The molecular weight excluding hydrogens is 380 g/mol. The number of thiocarbonyl (C=S) groups is 1. The minimum atomic E-state index is -0.130. The van der Waals surface area contributed by atoms with Crippen molar-refractivity contribution >= 4 is 45.2 Å². The maximum absolute atomic E-state index is 11.4. The average molecular weight is 421 g/mol. The summed E-state index contributed by atoms with van der Waals surface area (Å²) in [6.07, 6.45) is 15.0. The van der Waals surface area contributed by atoms with E-state index in [-0.39, 0.29) is 10.7 Å². The highest BCUT2D eigenvalue weighted by atomic mass is 32.2. The third kappa shape index (κ3) is 15.3. The lowest BCUT2D eigenvalue weighted by atomic mass is 10.1. The third-order valence-corrected chi connectivity index (χ3v) is 7.62. The van der Waals surface area contributed by atoms with E-state index in [2.05, 4.69) is 20.8 Å². The highest BCUT2D eigenvalue weighted by molar-refractivity contribution is 8.47. The molecule has 0 aliphatic carbocycles. The summed E-state index contributed by atoms with van der Waals surface area (Å²) in [5.41, 5.74) is 0. The highest BCUT2D eigenvalue weighted by Gasteiger charge is 2.26. The van der Waals surface area contributed by atoms with Crippen LogP contribution in [0, 0.1) is 0 Å². The lowest BCUT2D eigenvalue weighted by molar-refractivity contribution is -0.144. The molecule has 0 rings (SSSR count). The Morgan fingerprint density at radius 2 is 1.46 bits per heavy atom. The molecule has 0 aliphatic heterocycles. The summed E-state index contributed by atoms with van der Waals surface area (Å²) in [5, 5.41) is 0.